The predicted molar refractivity (Wildman–Crippen MR) is 74.1 cm³/mol. The fourth-order valence-corrected chi connectivity index (χ4v) is 2.01. The molecule has 0 amide bonds. The van der Waals surface area contributed by atoms with Crippen LogP contribution in [0, 0.1) is 0 Å². The number of likely N-dealkylation sites (N-methyl/N-ethyl adjacent to an activating group) is 1. The van der Waals surface area contributed by atoms with Crippen molar-refractivity contribution in [3.05, 3.63) is 28.2 Å². The molecule has 16 heavy (non-hydrogen) atoms. The highest BCUT2D eigenvalue weighted by Gasteiger charge is 2.04. The Balaban J connectivity index is 2.63. The number of nitrogens with zero attached hydrogens (tertiary/aromatic N) is 1. The lowest BCUT2D eigenvalue weighted by Crippen LogP contribution is -2.19. The first-order chi connectivity index (χ1) is 7.50. The molecule has 3 nitrogen and oxygen atoms in total. The molecule has 88 valence electrons. The molecule has 2 N–H and O–H groups in total. The zero-order valence-corrected chi connectivity index (χ0v) is 11.8. The van der Waals surface area contributed by atoms with Crippen LogP contribution in [0.5, 0.6) is 5.75 Å². The normalized spacial score (nSPS) is 10.5. The highest BCUT2D eigenvalue weighted by atomic mass is 79.9. The minimum atomic E-state index is 0.381. The SMILES string of the molecule is CN(C)CCOc1ccc(C(N)=S)c(Br)c1. The molecule has 0 heterocycles. The number of benzene rings is 1. The van der Waals surface area contributed by atoms with Gasteiger partial charge in [-0.05, 0) is 48.2 Å². The number of rotatable bonds is 5. The summed E-state index contributed by atoms with van der Waals surface area (Å²) in [4.78, 5) is 2.45. The number of halogens is 1. The number of ether oxygens (including phenoxy) is 1. The van der Waals surface area contributed by atoms with Crippen LogP contribution in [0.3, 0.4) is 0 Å². The van der Waals surface area contributed by atoms with E-state index in [1.54, 1.807) is 0 Å². The van der Waals surface area contributed by atoms with E-state index in [2.05, 4.69) is 20.8 Å². The van der Waals surface area contributed by atoms with Gasteiger partial charge in [-0.3, -0.25) is 0 Å². The second kappa shape index (κ2) is 6.18. The van der Waals surface area contributed by atoms with Crippen LogP contribution < -0.4 is 10.5 Å². The van der Waals surface area contributed by atoms with Gasteiger partial charge in [-0.25, -0.2) is 0 Å². The number of nitrogens with two attached hydrogens (primary N) is 1. The lowest BCUT2D eigenvalue weighted by Gasteiger charge is -2.12. The quantitative estimate of drug-likeness (QED) is 0.845. The van der Waals surface area contributed by atoms with Gasteiger partial charge in [0.05, 0.1) is 0 Å². The van der Waals surface area contributed by atoms with E-state index in [1.807, 2.05) is 32.3 Å². The van der Waals surface area contributed by atoms with Crippen LogP contribution in [0.1, 0.15) is 5.56 Å². The Kier molecular flexibility index (Phi) is 5.18. The van der Waals surface area contributed by atoms with Crippen molar-refractivity contribution in [2.45, 2.75) is 0 Å². The molecule has 0 fully saturated rings. The average molecular weight is 303 g/mol. The van der Waals surface area contributed by atoms with Gasteiger partial charge in [0.2, 0.25) is 0 Å². The fourth-order valence-electron chi connectivity index (χ4n) is 1.13. The monoisotopic (exact) mass is 302 g/mol. The Morgan fingerprint density at radius 3 is 2.69 bits per heavy atom. The average Bonchev–Trinajstić information content (AvgIpc) is 2.16. The van der Waals surface area contributed by atoms with Crippen molar-refractivity contribution in [1.29, 1.82) is 0 Å². The van der Waals surface area contributed by atoms with Gasteiger partial charge in [0.25, 0.3) is 0 Å². The number of hydrogen-bond acceptors (Lipinski definition) is 3. The summed E-state index contributed by atoms with van der Waals surface area (Å²) in [5.74, 6) is 0.814. The highest BCUT2D eigenvalue weighted by molar-refractivity contribution is 9.10. The van der Waals surface area contributed by atoms with E-state index in [-0.39, 0.29) is 0 Å². The molecule has 0 bridgehead atoms. The topological polar surface area (TPSA) is 38.5 Å². The summed E-state index contributed by atoms with van der Waals surface area (Å²) in [7, 11) is 4.02. The molecule has 1 aromatic rings. The molecule has 0 aliphatic carbocycles. The lowest BCUT2D eigenvalue weighted by atomic mass is 10.2. The molecule has 1 rings (SSSR count). The minimum Gasteiger partial charge on any atom is -0.492 e. The molecule has 5 heteroatoms. The second-order valence-corrected chi connectivity index (χ2v) is 4.95. The van der Waals surface area contributed by atoms with E-state index in [0.717, 1.165) is 22.3 Å². The Morgan fingerprint density at radius 2 is 2.19 bits per heavy atom. The summed E-state index contributed by atoms with van der Waals surface area (Å²) in [6.07, 6.45) is 0. The molecule has 0 aromatic heterocycles. The Hall–Kier alpha value is -0.650. The third kappa shape index (κ3) is 4.08. The van der Waals surface area contributed by atoms with E-state index < -0.39 is 0 Å². The smallest absolute Gasteiger partial charge is 0.120 e. The van der Waals surface area contributed by atoms with Crippen molar-refractivity contribution in [3.8, 4) is 5.75 Å². The standard InChI is InChI=1S/C11H15BrN2OS/c1-14(2)5-6-15-8-3-4-9(11(13)16)10(12)7-8/h3-4,7H,5-6H2,1-2H3,(H2,13,16). The van der Waals surface area contributed by atoms with Crippen LogP contribution in [0.15, 0.2) is 22.7 Å². The summed E-state index contributed by atoms with van der Waals surface area (Å²) in [5, 5.41) is 0. The maximum Gasteiger partial charge on any atom is 0.120 e. The van der Waals surface area contributed by atoms with Crippen LogP contribution in [0.4, 0.5) is 0 Å². The highest BCUT2D eigenvalue weighted by Crippen LogP contribution is 2.22. The third-order valence-electron chi connectivity index (χ3n) is 2.01. The Labute approximate surface area is 110 Å². The summed E-state index contributed by atoms with van der Waals surface area (Å²) >= 11 is 8.33. The Morgan fingerprint density at radius 1 is 1.50 bits per heavy atom. The Bertz CT molecular complexity index is 382. The first-order valence-electron chi connectivity index (χ1n) is 4.87. The largest absolute Gasteiger partial charge is 0.492 e. The summed E-state index contributed by atoms with van der Waals surface area (Å²) < 4.78 is 6.44. The van der Waals surface area contributed by atoms with Crippen LogP contribution in [-0.2, 0) is 0 Å². The van der Waals surface area contributed by atoms with E-state index in [9.17, 15) is 0 Å². The van der Waals surface area contributed by atoms with Gasteiger partial charge in [0, 0.05) is 16.6 Å². The van der Waals surface area contributed by atoms with Crippen molar-refractivity contribution in [3.63, 3.8) is 0 Å². The van der Waals surface area contributed by atoms with Crippen molar-refractivity contribution < 1.29 is 4.74 Å². The van der Waals surface area contributed by atoms with Crippen LogP contribution in [0.25, 0.3) is 0 Å². The maximum absolute atomic E-state index is 5.58. The van der Waals surface area contributed by atoms with Gasteiger partial charge in [0.15, 0.2) is 0 Å². The molecule has 0 atom stereocenters. The molecule has 0 spiro atoms. The molecule has 0 saturated carbocycles. The van der Waals surface area contributed by atoms with Gasteiger partial charge in [-0.2, -0.15) is 0 Å². The molecule has 0 aliphatic heterocycles. The number of hydrogen-bond donors (Lipinski definition) is 1. The molecule has 0 aliphatic rings. The van der Waals surface area contributed by atoms with E-state index in [4.69, 9.17) is 22.7 Å². The van der Waals surface area contributed by atoms with Crippen LogP contribution in [0.2, 0.25) is 0 Å². The van der Waals surface area contributed by atoms with Crippen molar-refractivity contribution >= 4 is 33.1 Å². The van der Waals surface area contributed by atoms with E-state index in [0.29, 0.717) is 11.6 Å². The van der Waals surface area contributed by atoms with E-state index >= 15 is 0 Å². The predicted octanol–water partition coefficient (Wildman–Crippen LogP) is 2.02. The van der Waals surface area contributed by atoms with Gasteiger partial charge in [-0.1, -0.05) is 12.2 Å². The van der Waals surface area contributed by atoms with Crippen molar-refractivity contribution in [1.82, 2.24) is 4.90 Å². The van der Waals surface area contributed by atoms with Crippen LogP contribution in [-0.4, -0.2) is 37.1 Å². The molecule has 0 saturated heterocycles. The third-order valence-corrected chi connectivity index (χ3v) is 2.89. The second-order valence-electron chi connectivity index (χ2n) is 3.66. The fraction of sp³-hybridized carbons (Fsp3) is 0.364. The van der Waals surface area contributed by atoms with Gasteiger partial charge in [-0.15, -0.1) is 0 Å². The molecule has 1 aromatic carbocycles. The zero-order valence-electron chi connectivity index (χ0n) is 9.37. The summed E-state index contributed by atoms with van der Waals surface area (Å²) in [5.41, 5.74) is 6.39. The van der Waals surface area contributed by atoms with Gasteiger partial charge < -0.3 is 15.4 Å². The first kappa shape index (κ1) is 13.4. The molecule has 0 radical (unpaired) electrons. The maximum atomic E-state index is 5.58. The first-order valence-corrected chi connectivity index (χ1v) is 6.07. The summed E-state index contributed by atoms with van der Waals surface area (Å²) in [6, 6.07) is 5.61. The lowest BCUT2D eigenvalue weighted by molar-refractivity contribution is 0.261. The van der Waals surface area contributed by atoms with E-state index in [1.165, 1.54) is 0 Å². The van der Waals surface area contributed by atoms with Crippen molar-refractivity contribution in [2.24, 2.45) is 5.73 Å². The molecular weight excluding hydrogens is 288 g/mol. The summed E-state index contributed by atoms with van der Waals surface area (Å²) in [6.45, 7) is 1.54. The molecule has 0 unspecified atom stereocenters. The minimum absolute atomic E-state index is 0.381. The van der Waals surface area contributed by atoms with Gasteiger partial charge >= 0.3 is 0 Å². The number of thiocarbonyl (C=S) groups is 1. The van der Waals surface area contributed by atoms with Gasteiger partial charge in [0.1, 0.15) is 17.3 Å². The zero-order chi connectivity index (χ0) is 12.1. The molecular formula is C11H15BrN2OS. The van der Waals surface area contributed by atoms with Crippen molar-refractivity contribution in [2.75, 3.05) is 27.2 Å². The van der Waals surface area contributed by atoms with Crippen LogP contribution >= 0.6 is 28.1 Å².